The zero-order valence-electron chi connectivity index (χ0n) is 19.5. The molecular formula is C28H31NO6. The van der Waals surface area contributed by atoms with Gasteiger partial charge in [-0.2, -0.15) is 0 Å². The van der Waals surface area contributed by atoms with E-state index in [1.54, 1.807) is 0 Å². The number of hydrogen-bond donors (Lipinski definition) is 2. The number of aliphatic hydroxyl groups is 2. The molecule has 1 amide bonds. The minimum Gasteiger partial charge on any atom is -0.445 e. The maximum absolute atomic E-state index is 13.1. The molecule has 4 atom stereocenters. The number of hydrogen-bond acceptors (Lipinski definition) is 6. The topological polar surface area (TPSA) is 88.5 Å². The van der Waals surface area contributed by atoms with E-state index < -0.39 is 37.1 Å². The molecule has 35 heavy (non-hydrogen) atoms. The Hall–Kier alpha value is -3.23. The highest BCUT2D eigenvalue weighted by atomic mass is 16.6. The molecule has 0 spiro atoms. The average Bonchev–Trinajstić information content (AvgIpc) is 3.29. The lowest BCUT2D eigenvalue weighted by atomic mass is 10.0. The summed E-state index contributed by atoms with van der Waals surface area (Å²) in [6.45, 7) is 0.346. The van der Waals surface area contributed by atoms with E-state index >= 15 is 0 Å². The second kappa shape index (κ2) is 12.5. The first-order chi connectivity index (χ1) is 17.2. The quantitative estimate of drug-likeness (QED) is 0.465. The molecule has 2 N–H and O–H groups in total. The van der Waals surface area contributed by atoms with Gasteiger partial charge in [0.25, 0.3) is 0 Å². The first-order valence-corrected chi connectivity index (χ1v) is 11.7. The minimum atomic E-state index is -1.22. The van der Waals surface area contributed by atoms with E-state index in [4.69, 9.17) is 14.2 Å². The van der Waals surface area contributed by atoms with Crippen molar-refractivity contribution in [2.24, 2.45) is 0 Å². The summed E-state index contributed by atoms with van der Waals surface area (Å²) < 4.78 is 18.0. The van der Waals surface area contributed by atoms with E-state index in [2.05, 4.69) is 0 Å². The molecule has 0 aromatic heterocycles. The van der Waals surface area contributed by atoms with Crippen molar-refractivity contribution in [1.82, 2.24) is 4.90 Å². The van der Waals surface area contributed by atoms with E-state index in [0.717, 1.165) is 16.7 Å². The SMILES string of the molecule is O=C(OCc1ccccc1)N1C[C@H](OCc2ccccc2)[C@@H](OCc2ccccc2)[C@@H]1[C@H](O)CO. The van der Waals surface area contributed by atoms with Gasteiger partial charge in [0.15, 0.2) is 0 Å². The maximum atomic E-state index is 13.1. The van der Waals surface area contributed by atoms with Crippen LogP contribution in [0.2, 0.25) is 0 Å². The normalized spacial score (nSPS) is 20.5. The van der Waals surface area contributed by atoms with Gasteiger partial charge in [-0.25, -0.2) is 4.79 Å². The first kappa shape index (κ1) is 24.9. The van der Waals surface area contributed by atoms with Gasteiger partial charge >= 0.3 is 6.09 Å². The molecular weight excluding hydrogens is 446 g/mol. The van der Waals surface area contributed by atoms with Gasteiger partial charge < -0.3 is 24.4 Å². The largest absolute Gasteiger partial charge is 0.445 e. The Morgan fingerprint density at radius 3 is 1.80 bits per heavy atom. The van der Waals surface area contributed by atoms with Gasteiger partial charge in [0.1, 0.15) is 24.9 Å². The van der Waals surface area contributed by atoms with Crippen molar-refractivity contribution in [2.45, 2.75) is 44.2 Å². The third-order valence-electron chi connectivity index (χ3n) is 6.05. The van der Waals surface area contributed by atoms with E-state index in [0.29, 0.717) is 6.61 Å². The molecule has 1 fully saturated rings. The van der Waals surface area contributed by atoms with Gasteiger partial charge in [-0.15, -0.1) is 0 Å². The van der Waals surface area contributed by atoms with Crippen LogP contribution >= 0.6 is 0 Å². The lowest BCUT2D eigenvalue weighted by molar-refractivity contribution is -0.0924. The van der Waals surface area contributed by atoms with Crippen LogP contribution in [-0.2, 0) is 34.0 Å². The van der Waals surface area contributed by atoms with Crippen molar-refractivity contribution in [3.63, 3.8) is 0 Å². The lowest BCUT2D eigenvalue weighted by Crippen LogP contribution is -2.50. The van der Waals surface area contributed by atoms with Gasteiger partial charge in [0.05, 0.1) is 32.4 Å². The molecule has 184 valence electrons. The summed E-state index contributed by atoms with van der Waals surface area (Å²) in [5.74, 6) is 0. The Balaban J connectivity index is 1.51. The number of carbonyl (C=O) groups is 1. The molecule has 7 heteroatoms. The van der Waals surface area contributed by atoms with Crippen molar-refractivity contribution in [3.8, 4) is 0 Å². The second-order valence-electron chi connectivity index (χ2n) is 8.53. The summed E-state index contributed by atoms with van der Waals surface area (Å²) >= 11 is 0. The highest BCUT2D eigenvalue weighted by molar-refractivity contribution is 5.69. The molecule has 0 radical (unpaired) electrons. The Kier molecular flexibility index (Phi) is 8.86. The number of ether oxygens (including phenoxy) is 3. The fourth-order valence-corrected chi connectivity index (χ4v) is 4.25. The van der Waals surface area contributed by atoms with Crippen LogP contribution in [-0.4, -0.2) is 58.7 Å². The van der Waals surface area contributed by atoms with Crippen LogP contribution < -0.4 is 0 Å². The van der Waals surface area contributed by atoms with Crippen molar-refractivity contribution in [1.29, 1.82) is 0 Å². The molecule has 3 aromatic carbocycles. The number of amides is 1. The third kappa shape index (κ3) is 6.68. The summed E-state index contributed by atoms with van der Waals surface area (Å²) in [7, 11) is 0. The summed E-state index contributed by atoms with van der Waals surface area (Å²) in [4.78, 5) is 14.5. The Labute approximate surface area is 205 Å². The average molecular weight is 478 g/mol. The number of rotatable bonds is 10. The molecule has 0 bridgehead atoms. The Morgan fingerprint density at radius 1 is 0.800 bits per heavy atom. The maximum Gasteiger partial charge on any atom is 0.410 e. The van der Waals surface area contributed by atoms with Crippen LogP contribution in [0, 0.1) is 0 Å². The molecule has 1 aliphatic rings. The van der Waals surface area contributed by atoms with Crippen molar-refractivity contribution >= 4 is 6.09 Å². The van der Waals surface area contributed by atoms with Crippen LogP contribution in [0.15, 0.2) is 91.0 Å². The zero-order valence-corrected chi connectivity index (χ0v) is 19.5. The van der Waals surface area contributed by atoms with Gasteiger partial charge in [0.2, 0.25) is 0 Å². The highest BCUT2D eigenvalue weighted by Crippen LogP contribution is 2.29. The fraction of sp³-hybridized carbons (Fsp3) is 0.321. The highest BCUT2D eigenvalue weighted by Gasteiger charge is 2.49. The van der Waals surface area contributed by atoms with E-state index in [1.165, 1.54) is 4.90 Å². The van der Waals surface area contributed by atoms with E-state index in [1.807, 2.05) is 91.0 Å². The fourth-order valence-electron chi connectivity index (χ4n) is 4.25. The molecule has 0 aliphatic carbocycles. The molecule has 1 heterocycles. The molecule has 7 nitrogen and oxygen atoms in total. The van der Waals surface area contributed by atoms with Crippen LogP contribution in [0.25, 0.3) is 0 Å². The van der Waals surface area contributed by atoms with Crippen LogP contribution in [0.1, 0.15) is 16.7 Å². The first-order valence-electron chi connectivity index (χ1n) is 11.7. The monoisotopic (exact) mass is 477 g/mol. The summed E-state index contributed by atoms with van der Waals surface area (Å²) in [5, 5.41) is 20.5. The predicted molar refractivity (Wildman–Crippen MR) is 130 cm³/mol. The molecule has 0 saturated carbocycles. The number of benzene rings is 3. The second-order valence-corrected chi connectivity index (χ2v) is 8.53. The van der Waals surface area contributed by atoms with Crippen molar-refractivity contribution in [3.05, 3.63) is 108 Å². The number of aliphatic hydroxyl groups excluding tert-OH is 2. The van der Waals surface area contributed by atoms with Crippen molar-refractivity contribution in [2.75, 3.05) is 13.2 Å². The van der Waals surface area contributed by atoms with Crippen LogP contribution in [0.5, 0.6) is 0 Å². The van der Waals surface area contributed by atoms with E-state index in [-0.39, 0.29) is 19.8 Å². The summed E-state index contributed by atoms with van der Waals surface area (Å²) in [5.41, 5.74) is 2.79. The smallest absolute Gasteiger partial charge is 0.410 e. The molecule has 0 unspecified atom stereocenters. The van der Waals surface area contributed by atoms with Gasteiger partial charge in [-0.3, -0.25) is 4.90 Å². The molecule has 1 aliphatic heterocycles. The standard InChI is InChI=1S/C28H31NO6/c30-17-24(31)26-27(34-19-22-12-6-2-7-13-22)25(33-18-21-10-4-1-5-11-21)16-29(26)28(32)35-20-23-14-8-3-9-15-23/h1-15,24-27,30-31H,16-20H2/t24-,25+,26+,27-/m1/s1. The van der Waals surface area contributed by atoms with Crippen molar-refractivity contribution < 1.29 is 29.2 Å². The number of carbonyl (C=O) groups excluding carboxylic acids is 1. The molecule has 3 aromatic rings. The Bertz CT molecular complexity index is 1030. The summed E-state index contributed by atoms with van der Waals surface area (Å²) in [6, 6.07) is 27.9. The van der Waals surface area contributed by atoms with Gasteiger partial charge in [0, 0.05) is 0 Å². The minimum absolute atomic E-state index is 0.100. The summed E-state index contributed by atoms with van der Waals surface area (Å²) in [6.07, 6.45) is -2.99. The van der Waals surface area contributed by atoms with Gasteiger partial charge in [-0.1, -0.05) is 91.0 Å². The predicted octanol–water partition coefficient (Wildman–Crippen LogP) is 3.53. The Morgan fingerprint density at radius 2 is 1.29 bits per heavy atom. The van der Waals surface area contributed by atoms with E-state index in [9.17, 15) is 15.0 Å². The lowest BCUT2D eigenvalue weighted by Gasteiger charge is -2.31. The van der Waals surface area contributed by atoms with Gasteiger partial charge in [-0.05, 0) is 16.7 Å². The number of likely N-dealkylation sites (tertiary alicyclic amines) is 1. The molecule has 1 saturated heterocycles. The molecule has 4 rings (SSSR count). The number of nitrogens with zero attached hydrogens (tertiary/aromatic N) is 1. The zero-order chi connectivity index (χ0) is 24.5. The van der Waals surface area contributed by atoms with Crippen LogP contribution in [0.3, 0.4) is 0 Å². The van der Waals surface area contributed by atoms with Crippen LogP contribution in [0.4, 0.5) is 4.79 Å². The third-order valence-corrected chi connectivity index (χ3v) is 6.05.